The van der Waals surface area contributed by atoms with Crippen LogP contribution in [0.25, 0.3) is 0 Å². The molecule has 1 heterocycles. The zero-order valence-electron chi connectivity index (χ0n) is 10.8. The van der Waals surface area contributed by atoms with Crippen LogP contribution in [0.1, 0.15) is 4.88 Å². The van der Waals surface area contributed by atoms with Crippen molar-refractivity contribution < 1.29 is 23.1 Å². The minimum absolute atomic E-state index is 0.0546. The molecule has 0 radical (unpaired) electrons. The first-order valence-electron chi connectivity index (χ1n) is 5.98. The maximum atomic E-state index is 13.3. The number of halogens is 2. The summed E-state index contributed by atoms with van der Waals surface area (Å²) in [6.45, 7) is -0.599. The van der Waals surface area contributed by atoms with Gasteiger partial charge in [-0.2, -0.15) is 0 Å². The van der Waals surface area contributed by atoms with Gasteiger partial charge in [-0.25, -0.2) is 8.78 Å². The van der Waals surface area contributed by atoms with Gasteiger partial charge >= 0.3 is 5.97 Å². The third-order valence-electron chi connectivity index (χ3n) is 2.49. The lowest BCUT2D eigenvalue weighted by Crippen LogP contribution is -2.22. The van der Waals surface area contributed by atoms with Crippen molar-refractivity contribution in [3.05, 3.63) is 52.2 Å². The molecule has 110 valence electrons. The van der Waals surface area contributed by atoms with Crippen LogP contribution in [0, 0.1) is 11.6 Å². The van der Waals surface area contributed by atoms with E-state index >= 15 is 0 Å². The number of rotatable bonds is 5. The van der Waals surface area contributed by atoms with E-state index in [0.29, 0.717) is 0 Å². The van der Waals surface area contributed by atoms with Gasteiger partial charge in [0.05, 0.1) is 6.42 Å². The van der Waals surface area contributed by atoms with Gasteiger partial charge in [-0.05, 0) is 23.6 Å². The molecule has 1 aromatic heterocycles. The lowest BCUT2D eigenvalue weighted by atomic mass is 10.3. The zero-order valence-corrected chi connectivity index (χ0v) is 11.6. The second kappa shape index (κ2) is 6.94. The van der Waals surface area contributed by atoms with Gasteiger partial charge in [-0.1, -0.05) is 12.1 Å². The van der Waals surface area contributed by atoms with Crippen LogP contribution in [0.3, 0.4) is 0 Å². The van der Waals surface area contributed by atoms with Crippen LogP contribution in [0.5, 0.6) is 0 Å². The molecule has 2 aromatic rings. The Morgan fingerprint density at radius 3 is 2.48 bits per heavy atom. The molecule has 7 heteroatoms. The predicted molar refractivity (Wildman–Crippen MR) is 74.0 cm³/mol. The Kier molecular flexibility index (Phi) is 4.99. The van der Waals surface area contributed by atoms with Gasteiger partial charge in [0.1, 0.15) is 17.3 Å². The standard InChI is InChI=1S/C14H11F2NO3S/c15-10-4-1-5-11(16)14(10)17-12(18)8-20-13(19)7-9-3-2-6-21-9/h1-6H,7-8H2,(H,17,18). The highest BCUT2D eigenvalue weighted by Gasteiger charge is 2.14. The Labute approximate surface area is 123 Å². The van der Waals surface area contributed by atoms with Crippen molar-refractivity contribution >= 4 is 28.9 Å². The van der Waals surface area contributed by atoms with Crippen molar-refractivity contribution in [2.75, 3.05) is 11.9 Å². The smallest absolute Gasteiger partial charge is 0.311 e. The fourth-order valence-corrected chi connectivity index (χ4v) is 2.24. The van der Waals surface area contributed by atoms with Gasteiger partial charge in [0.2, 0.25) is 0 Å². The summed E-state index contributed by atoms with van der Waals surface area (Å²) in [6, 6.07) is 6.77. The minimum Gasteiger partial charge on any atom is -0.455 e. The molecule has 1 amide bonds. The zero-order chi connectivity index (χ0) is 15.2. The minimum atomic E-state index is -0.895. The summed E-state index contributed by atoms with van der Waals surface area (Å²) in [5, 5.41) is 3.84. The van der Waals surface area contributed by atoms with Crippen molar-refractivity contribution in [2.45, 2.75) is 6.42 Å². The molecule has 0 aliphatic rings. The van der Waals surface area contributed by atoms with Crippen LogP contribution >= 0.6 is 11.3 Å². The van der Waals surface area contributed by atoms with Crippen molar-refractivity contribution in [3.8, 4) is 0 Å². The van der Waals surface area contributed by atoms with E-state index in [-0.39, 0.29) is 6.42 Å². The van der Waals surface area contributed by atoms with E-state index in [2.05, 4.69) is 0 Å². The van der Waals surface area contributed by atoms with Gasteiger partial charge in [0, 0.05) is 4.88 Å². The maximum absolute atomic E-state index is 13.3. The Bertz CT molecular complexity index is 623. The van der Waals surface area contributed by atoms with E-state index in [1.54, 1.807) is 12.1 Å². The third kappa shape index (κ3) is 4.35. The molecule has 1 aromatic carbocycles. The van der Waals surface area contributed by atoms with E-state index in [1.165, 1.54) is 17.4 Å². The van der Waals surface area contributed by atoms with Crippen molar-refractivity contribution in [3.63, 3.8) is 0 Å². The highest BCUT2D eigenvalue weighted by Crippen LogP contribution is 2.17. The Balaban J connectivity index is 1.83. The number of carbonyl (C=O) groups excluding carboxylic acids is 2. The molecule has 21 heavy (non-hydrogen) atoms. The van der Waals surface area contributed by atoms with Gasteiger partial charge in [0.25, 0.3) is 5.91 Å². The normalized spacial score (nSPS) is 10.2. The monoisotopic (exact) mass is 311 g/mol. The molecule has 0 atom stereocenters. The van der Waals surface area contributed by atoms with Crippen molar-refractivity contribution in [1.82, 2.24) is 0 Å². The molecule has 0 unspecified atom stereocenters. The molecule has 1 N–H and O–H groups in total. The summed E-state index contributed by atoms with van der Waals surface area (Å²) in [7, 11) is 0. The molecule has 4 nitrogen and oxygen atoms in total. The molecule has 0 bridgehead atoms. The summed E-state index contributed by atoms with van der Waals surface area (Å²) < 4.78 is 31.3. The average Bonchev–Trinajstić information content (AvgIpc) is 2.94. The number of nitrogens with one attached hydrogen (secondary N) is 1. The topological polar surface area (TPSA) is 55.4 Å². The van der Waals surface area contributed by atoms with Crippen LogP contribution in [0.15, 0.2) is 35.7 Å². The molecular formula is C14H11F2NO3S. The van der Waals surface area contributed by atoms with Crippen LogP contribution < -0.4 is 5.32 Å². The Hall–Kier alpha value is -2.28. The summed E-state index contributed by atoms with van der Waals surface area (Å²) in [5.41, 5.74) is -0.559. The van der Waals surface area contributed by atoms with E-state index in [1.807, 2.05) is 10.7 Å². The molecule has 0 saturated carbocycles. The number of thiophene rings is 1. The summed E-state index contributed by atoms with van der Waals surface area (Å²) in [4.78, 5) is 23.8. The van der Waals surface area contributed by atoms with Gasteiger partial charge < -0.3 is 10.1 Å². The van der Waals surface area contributed by atoms with Crippen LogP contribution in [-0.4, -0.2) is 18.5 Å². The molecule has 0 spiro atoms. The molecule has 0 aliphatic carbocycles. The van der Waals surface area contributed by atoms with Gasteiger partial charge in [-0.3, -0.25) is 9.59 Å². The van der Waals surface area contributed by atoms with Crippen molar-refractivity contribution in [2.24, 2.45) is 0 Å². The molecular weight excluding hydrogens is 300 g/mol. The first-order valence-corrected chi connectivity index (χ1v) is 6.86. The number of para-hydroxylation sites is 1. The summed E-state index contributed by atoms with van der Waals surface area (Å²) in [6.07, 6.45) is 0.0546. The predicted octanol–water partition coefficient (Wildman–Crippen LogP) is 2.75. The fourth-order valence-electron chi connectivity index (χ4n) is 1.55. The SMILES string of the molecule is O=C(COC(=O)Cc1cccs1)Nc1c(F)cccc1F. The molecule has 0 aliphatic heterocycles. The summed E-state index contributed by atoms with van der Waals surface area (Å²) >= 11 is 1.39. The van der Waals surface area contributed by atoms with Crippen molar-refractivity contribution in [1.29, 1.82) is 0 Å². The second-order valence-electron chi connectivity index (χ2n) is 4.06. The first kappa shape index (κ1) is 15.1. The Morgan fingerprint density at radius 1 is 1.14 bits per heavy atom. The molecule has 2 rings (SSSR count). The van der Waals surface area contributed by atoms with Crippen LogP contribution in [0.4, 0.5) is 14.5 Å². The largest absolute Gasteiger partial charge is 0.455 e. The highest BCUT2D eigenvalue weighted by atomic mass is 32.1. The third-order valence-corrected chi connectivity index (χ3v) is 3.37. The quantitative estimate of drug-likeness (QED) is 0.864. The van der Waals surface area contributed by atoms with E-state index in [4.69, 9.17) is 4.74 Å². The highest BCUT2D eigenvalue weighted by molar-refractivity contribution is 7.10. The lowest BCUT2D eigenvalue weighted by molar-refractivity contribution is -0.146. The van der Waals surface area contributed by atoms with E-state index in [9.17, 15) is 18.4 Å². The number of amides is 1. The maximum Gasteiger partial charge on any atom is 0.311 e. The molecule has 0 saturated heterocycles. The lowest BCUT2D eigenvalue weighted by Gasteiger charge is -2.08. The van der Waals surface area contributed by atoms with Gasteiger partial charge in [-0.15, -0.1) is 11.3 Å². The number of anilines is 1. The number of ether oxygens (including phenoxy) is 1. The number of benzene rings is 1. The summed E-state index contributed by atoms with van der Waals surface area (Å²) in [5.74, 6) is -3.18. The van der Waals surface area contributed by atoms with Crippen LogP contribution in [0.2, 0.25) is 0 Å². The number of esters is 1. The van der Waals surface area contributed by atoms with E-state index in [0.717, 1.165) is 17.0 Å². The van der Waals surface area contributed by atoms with Gasteiger partial charge in [0.15, 0.2) is 6.61 Å². The Morgan fingerprint density at radius 2 is 1.86 bits per heavy atom. The first-order chi connectivity index (χ1) is 10.1. The average molecular weight is 311 g/mol. The number of carbonyl (C=O) groups is 2. The van der Waals surface area contributed by atoms with E-state index < -0.39 is 35.8 Å². The van der Waals surface area contributed by atoms with Crippen LogP contribution in [-0.2, 0) is 20.7 Å². The number of hydrogen-bond acceptors (Lipinski definition) is 4. The number of hydrogen-bond donors (Lipinski definition) is 1. The molecule has 0 fully saturated rings. The fraction of sp³-hybridized carbons (Fsp3) is 0.143. The second-order valence-corrected chi connectivity index (χ2v) is 5.09.